The van der Waals surface area contributed by atoms with Crippen LogP contribution in [0.15, 0.2) is 58.1 Å². The zero-order valence-electron chi connectivity index (χ0n) is 18.2. The maximum atomic E-state index is 12.5. The Hall–Kier alpha value is -3.94. The Morgan fingerprint density at radius 1 is 1.16 bits per heavy atom. The van der Waals surface area contributed by atoms with Gasteiger partial charge >= 0.3 is 5.63 Å². The number of carbonyl (C=O) groups excluding carboxylic acids is 1. The molecule has 0 unspecified atom stereocenters. The summed E-state index contributed by atoms with van der Waals surface area (Å²) in [5.74, 6) is 2.06. The summed E-state index contributed by atoms with van der Waals surface area (Å²) in [6.45, 7) is 4.14. The van der Waals surface area contributed by atoms with Crippen molar-refractivity contribution in [3.8, 4) is 11.6 Å². The average Bonchev–Trinajstić information content (AvgIpc) is 3.23. The van der Waals surface area contributed by atoms with E-state index < -0.39 is 5.63 Å². The summed E-state index contributed by atoms with van der Waals surface area (Å²) in [6.07, 6.45) is 5.75. The molecule has 0 atom stereocenters. The predicted octanol–water partition coefficient (Wildman–Crippen LogP) is 3.25. The smallest absolute Gasteiger partial charge is 0.339 e. The topological polar surface area (TPSA) is 99.2 Å². The zero-order chi connectivity index (χ0) is 22.7. The van der Waals surface area contributed by atoms with Gasteiger partial charge in [0.15, 0.2) is 0 Å². The molecule has 0 saturated heterocycles. The van der Waals surface area contributed by atoms with Gasteiger partial charge in [-0.3, -0.25) is 9.36 Å². The molecule has 0 fully saturated rings. The second kappa shape index (κ2) is 9.05. The number of hydrogen-bond acceptors (Lipinski definition) is 6. The van der Waals surface area contributed by atoms with Crippen LogP contribution in [0.1, 0.15) is 28.9 Å². The van der Waals surface area contributed by atoms with Crippen LogP contribution in [-0.2, 0) is 17.8 Å². The minimum absolute atomic E-state index is 0.143. The van der Waals surface area contributed by atoms with Crippen LogP contribution in [0.25, 0.3) is 16.8 Å². The summed E-state index contributed by atoms with van der Waals surface area (Å²) in [4.78, 5) is 33.5. The number of hydrogen-bond donors (Lipinski definition) is 1. The van der Waals surface area contributed by atoms with Gasteiger partial charge in [-0.25, -0.2) is 14.8 Å². The van der Waals surface area contributed by atoms with Crippen LogP contribution in [0.4, 0.5) is 0 Å². The summed E-state index contributed by atoms with van der Waals surface area (Å²) >= 11 is 0. The lowest BCUT2D eigenvalue weighted by Gasteiger charge is -2.10. The van der Waals surface area contributed by atoms with E-state index in [2.05, 4.69) is 15.3 Å². The number of amides is 1. The van der Waals surface area contributed by atoms with E-state index in [4.69, 9.17) is 9.15 Å². The van der Waals surface area contributed by atoms with Gasteiger partial charge in [-0.05, 0) is 55.7 Å². The molecular formula is C24H24N4O4. The van der Waals surface area contributed by atoms with E-state index in [9.17, 15) is 9.59 Å². The van der Waals surface area contributed by atoms with Gasteiger partial charge in [0.25, 0.3) is 0 Å². The van der Waals surface area contributed by atoms with E-state index in [1.54, 1.807) is 25.6 Å². The molecule has 32 heavy (non-hydrogen) atoms. The van der Waals surface area contributed by atoms with Crippen molar-refractivity contribution in [3.05, 3.63) is 81.9 Å². The van der Waals surface area contributed by atoms with Gasteiger partial charge in [-0.2, -0.15) is 0 Å². The Morgan fingerprint density at radius 2 is 2.00 bits per heavy atom. The van der Waals surface area contributed by atoms with Crippen molar-refractivity contribution in [1.29, 1.82) is 0 Å². The molecule has 1 aromatic carbocycles. The summed E-state index contributed by atoms with van der Waals surface area (Å²) in [5.41, 5.74) is 2.31. The van der Waals surface area contributed by atoms with Gasteiger partial charge in [0.05, 0.1) is 7.11 Å². The molecule has 0 aliphatic heterocycles. The first kappa shape index (κ1) is 21.3. The normalized spacial score (nSPS) is 11.0. The Labute approximate surface area is 184 Å². The van der Waals surface area contributed by atoms with Crippen molar-refractivity contribution in [1.82, 2.24) is 19.9 Å². The number of nitrogens with one attached hydrogen (secondary N) is 1. The Morgan fingerprint density at radius 3 is 2.75 bits per heavy atom. The fourth-order valence-corrected chi connectivity index (χ4v) is 3.64. The number of imidazole rings is 1. The van der Waals surface area contributed by atoms with Gasteiger partial charge in [-0.1, -0.05) is 0 Å². The van der Waals surface area contributed by atoms with E-state index >= 15 is 0 Å². The molecule has 4 rings (SSSR count). The molecule has 8 nitrogen and oxygen atoms in total. The molecule has 0 aliphatic rings. The highest BCUT2D eigenvalue weighted by molar-refractivity contribution is 5.82. The molecule has 1 amide bonds. The standard InChI is InChI=1S/C24H24N4O4/c1-15-19-5-4-18(31-3)13-21(19)32-24(30)20(15)6-7-23(29)27-14-17-8-9-26-22(12-17)28-11-10-25-16(28)2/h4-5,8-13H,6-7,14H2,1-3H3,(H,27,29). The van der Waals surface area contributed by atoms with Crippen molar-refractivity contribution in [3.63, 3.8) is 0 Å². The van der Waals surface area contributed by atoms with Gasteiger partial charge in [-0.15, -0.1) is 0 Å². The number of fused-ring (bicyclic) bond motifs is 1. The molecule has 8 heteroatoms. The van der Waals surface area contributed by atoms with Crippen molar-refractivity contribution < 1.29 is 13.9 Å². The van der Waals surface area contributed by atoms with Gasteiger partial charge in [0.2, 0.25) is 5.91 Å². The SMILES string of the molecule is COc1ccc2c(C)c(CCC(=O)NCc3ccnc(-n4ccnc4C)c3)c(=O)oc2c1. The number of aromatic nitrogens is 3. The van der Waals surface area contributed by atoms with Crippen LogP contribution < -0.4 is 15.7 Å². The number of aryl methyl sites for hydroxylation is 2. The van der Waals surface area contributed by atoms with E-state index in [1.807, 2.05) is 48.9 Å². The van der Waals surface area contributed by atoms with Crippen molar-refractivity contribution >= 4 is 16.9 Å². The molecule has 3 aromatic heterocycles. The average molecular weight is 432 g/mol. The van der Waals surface area contributed by atoms with Crippen LogP contribution in [-0.4, -0.2) is 27.6 Å². The second-order valence-electron chi connectivity index (χ2n) is 7.50. The monoisotopic (exact) mass is 432 g/mol. The lowest BCUT2D eigenvalue weighted by atomic mass is 10.0. The molecule has 0 bridgehead atoms. The highest BCUT2D eigenvalue weighted by Gasteiger charge is 2.14. The molecule has 0 saturated carbocycles. The fraction of sp³-hybridized carbons (Fsp3) is 0.250. The number of rotatable bonds is 7. The minimum Gasteiger partial charge on any atom is -0.497 e. The number of benzene rings is 1. The summed E-state index contributed by atoms with van der Waals surface area (Å²) in [5, 5.41) is 3.74. The summed E-state index contributed by atoms with van der Waals surface area (Å²) < 4.78 is 12.5. The third-order valence-corrected chi connectivity index (χ3v) is 5.47. The quantitative estimate of drug-likeness (QED) is 0.450. The van der Waals surface area contributed by atoms with Crippen LogP contribution in [0.3, 0.4) is 0 Å². The lowest BCUT2D eigenvalue weighted by molar-refractivity contribution is -0.121. The fourth-order valence-electron chi connectivity index (χ4n) is 3.64. The number of carbonyl (C=O) groups is 1. The molecule has 4 aromatic rings. The highest BCUT2D eigenvalue weighted by atomic mass is 16.5. The molecule has 164 valence electrons. The van der Waals surface area contributed by atoms with E-state index in [-0.39, 0.29) is 12.3 Å². The van der Waals surface area contributed by atoms with E-state index in [1.165, 1.54) is 0 Å². The lowest BCUT2D eigenvalue weighted by Crippen LogP contribution is -2.24. The number of pyridine rings is 1. The maximum absolute atomic E-state index is 12.5. The zero-order valence-corrected chi connectivity index (χ0v) is 18.2. The molecule has 0 radical (unpaired) electrons. The summed E-state index contributed by atoms with van der Waals surface area (Å²) in [6, 6.07) is 9.13. The van der Waals surface area contributed by atoms with Gasteiger partial charge in [0, 0.05) is 48.6 Å². The first-order valence-corrected chi connectivity index (χ1v) is 10.3. The highest BCUT2D eigenvalue weighted by Crippen LogP contribution is 2.24. The Balaban J connectivity index is 1.41. The van der Waals surface area contributed by atoms with Crippen LogP contribution in [0, 0.1) is 13.8 Å². The largest absolute Gasteiger partial charge is 0.497 e. The molecule has 0 spiro atoms. The molecule has 1 N–H and O–H groups in total. The molecule has 3 heterocycles. The van der Waals surface area contributed by atoms with Crippen molar-refractivity contribution in [2.75, 3.05) is 7.11 Å². The third kappa shape index (κ3) is 4.39. The van der Waals surface area contributed by atoms with Crippen LogP contribution in [0.5, 0.6) is 5.75 Å². The van der Waals surface area contributed by atoms with Crippen LogP contribution >= 0.6 is 0 Å². The van der Waals surface area contributed by atoms with Crippen molar-refractivity contribution in [2.45, 2.75) is 33.2 Å². The first-order valence-electron chi connectivity index (χ1n) is 10.3. The van der Waals surface area contributed by atoms with Crippen molar-refractivity contribution in [2.24, 2.45) is 0 Å². The Kier molecular flexibility index (Phi) is 6.02. The first-order chi connectivity index (χ1) is 15.5. The number of methoxy groups -OCH3 is 1. The van der Waals surface area contributed by atoms with Gasteiger partial charge in [0.1, 0.15) is 23.0 Å². The predicted molar refractivity (Wildman–Crippen MR) is 120 cm³/mol. The molecular weight excluding hydrogens is 408 g/mol. The van der Waals surface area contributed by atoms with Gasteiger partial charge < -0.3 is 14.5 Å². The van der Waals surface area contributed by atoms with E-state index in [0.29, 0.717) is 29.9 Å². The van der Waals surface area contributed by atoms with E-state index in [0.717, 1.165) is 28.2 Å². The third-order valence-electron chi connectivity index (χ3n) is 5.47. The molecule has 0 aliphatic carbocycles. The summed E-state index contributed by atoms with van der Waals surface area (Å²) in [7, 11) is 1.56. The number of ether oxygens (including phenoxy) is 1. The second-order valence-corrected chi connectivity index (χ2v) is 7.50. The minimum atomic E-state index is -0.425. The van der Waals surface area contributed by atoms with Crippen LogP contribution in [0.2, 0.25) is 0 Å². The Bertz CT molecular complexity index is 1340. The maximum Gasteiger partial charge on any atom is 0.339 e. The number of nitrogens with zero attached hydrogens (tertiary/aromatic N) is 3.